The molecule has 0 amide bonds. The summed E-state index contributed by atoms with van der Waals surface area (Å²) in [4.78, 5) is 25.0. The molecule has 6 rings (SSSR count). The highest BCUT2D eigenvalue weighted by molar-refractivity contribution is 8.05. The molecule has 218 valence electrons. The van der Waals surface area contributed by atoms with Crippen molar-refractivity contribution >= 4 is 34.9 Å². The second-order valence-corrected chi connectivity index (χ2v) is 13.5. The molecule has 1 aromatic heterocycles. The molecule has 1 unspecified atom stereocenters. The summed E-state index contributed by atoms with van der Waals surface area (Å²) in [5, 5.41) is 3.79. The van der Waals surface area contributed by atoms with Crippen LogP contribution in [0, 0.1) is 0 Å². The predicted molar refractivity (Wildman–Crippen MR) is 168 cm³/mol. The van der Waals surface area contributed by atoms with Crippen molar-refractivity contribution in [2.45, 2.75) is 76.9 Å². The predicted octanol–water partition coefficient (Wildman–Crippen LogP) is 6.26. The lowest BCUT2D eigenvalue weighted by Gasteiger charge is -2.41. The average molecular weight is 593 g/mol. The third-order valence-electron chi connectivity index (χ3n) is 8.48. The number of fused-ring (bicyclic) bond motifs is 2. The summed E-state index contributed by atoms with van der Waals surface area (Å²) in [5.74, 6) is 0. The summed E-state index contributed by atoms with van der Waals surface area (Å²) >= 11 is 3.65. The lowest BCUT2D eigenvalue weighted by Crippen LogP contribution is -2.49. The van der Waals surface area contributed by atoms with Gasteiger partial charge in [0.1, 0.15) is 11.8 Å². The van der Waals surface area contributed by atoms with Crippen LogP contribution < -0.4 is 15.8 Å². The van der Waals surface area contributed by atoms with E-state index in [2.05, 4.69) is 70.3 Å². The quantitative estimate of drug-likeness (QED) is 0.249. The number of anilines is 2. The highest BCUT2D eigenvalue weighted by atomic mass is 32.2. The number of benzene rings is 2. The molecule has 9 heteroatoms. The average Bonchev–Trinajstić information content (AvgIpc) is 2.98. The Balaban J connectivity index is 1.18. The summed E-state index contributed by atoms with van der Waals surface area (Å²) in [6.45, 7) is 8.32. The SMILES string of the molecule is COC[C@H](CN1[C@H](C)CCC[C@@H]1C)Nc1ccc2c(c1)Sc1cccc(C3CN(c4ccc[nH]c4=O)CCO3)c1S2. The van der Waals surface area contributed by atoms with Crippen LogP contribution in [0.4, 0.5) is 11.4 Å². The first-order valence-corrected chi connectivity index (χ1v) is 16.3. The molecule has 3 aromatic rings. The van der Waals surface area contributed by atoms with E-state index in [1.807, 2.05) is 35.7 Å². The highest BCUT2D eigenvalue weighted by Crippen LogP contribution is 2.51. The number of nitrogens with one attached hydrogen (secondary N) is 2. The Morgan fingerprint density at radius 1 is 1.07 bits per heavy atom. The van der Waals surface area contributed by atoms with Gasteiger partial charge in [0.25, 0.3) is 5.56 Å². The van der Waals surface area contributed by atoms with Crippen molar-refractivity contribution in [2.75, 3.05) is 50.2 Å². The van der Waals surface area contributed by atoms with Crippen LogP contribution >= 0.6 is 23.5 Å². The molecular formula is C32H40N4O3S2. The van der Waals surface area contributed by atoms with E-state index < -0.39 is 0 Å². The van der Waals surface area contributed by atoms with E-state index >= 15 is 0 Å². The molecule has 4 heterocycles. The summed E-state index contributed by atoms with van der Waals surface area (Å²) in [5.41, 5.74) is 2.97. The van der Waals surface area contributed by atoms with Gasteiger partial charge in [-0.15, -0.1) is 0 Å². The molecule has 0 aliphatic carbocycles. The molecule has 2 N–H and O–H groups in total. The normalized spacial score (nSPS) is 23.5. The van der Waals surface area contributed by atoms with Gasteiger partial charge in [0.15, 0.2) is 0 Å². The molecular weight excluding hydrogens is 553 g/mol. The fraction of sp³-hybridized carbons (Fsp3) is 0.469. The van der Waals surface area contributed by atoms with Gasteiger partial charge >= 0.3 is 0 Å². The Bertz CT molecular complexity index is 1410. The van der Waals surface area contributed by atoms with Crippen molar-refractivity contribution in [3.05, 3.63) is 70.6 Å². The molecule has 0 bridgehead atoms. The maximum Gasteiger partial charge on any atom is 0.271 e. The van der Waals surface area contributed by atoms with Gasteiger partial charge in [0.2, 0.25) is 0 Å². The third-order valence-corrected chi connectivity index (χ3v) is 11.1. The maximum absolute atomic E-state index is 12.4. The van der Waals surface area contributed by atoms with E-state index in [1.54, 1.807) is 13.3 Å². The number of ether oxygens (including phenoxy) is 2. The molecule has 0 spiro atoms. The minimum Gasteiger partial charge on any atom is -0.383 e. The number of aromatic amines is 1. The first kappa shape index (κ1) is 28.7. The number of nitrogens with zero attached hydrogens (tertiary/aromatic N) is 2. The van der Waals surface area contributed by atoms with Gasteiger partial charge in [-0.1, -0.05) is 42.1 Å². The fourth-order valence-electron chi connectivity index (χ4n) is 6.35. The number of rotatable bonds is 8. The number of H-pyrrole nitrogens is 1. The van der Waals surface area contributed by atoms with Gasteiger partial charge in [-0.25, -0.2) is 0 Å². The van der Waals surface area contributed by atoms with E-state index in [0.29, 0.717) is 44.1 Å². The zero-order valence-electron chi connectivity index (χ0n) is 24.1. The van der Waals surface area contributed by atoms with Gasteiger partial charge in [-0.3, -0.25) is 9.69 Å². The second-order valence-electron chi connectivity index (χ2n) is 11.4. The molecule has 41 heavy (non-hydrogen) atoms. The molecule has 2 saturated heterocycles. The van der Waals surface area contributed by atoms with E-state index in [0.717, 1.165) is 12.2 Å². The first-order chi connectivity index (χ1) is 20.0. The van der Waals surface area contributed by atoms with Crippen LogP contribution in [0.3, 0.4) is 0 Å². The third kappa shape index (κ3) is 6.34. The van der Waals surface area contributed by atoms with Gasteiger partial charge < -0.3 is 24.7 Å². The minimum absolute atomic E-state index is 0.0563. The van der Waals surface area contributed by atoms with Crippen molar-refractivity contribution in [3.8, 4) is 0 Å². The molecule has 0 saturated carbocycles. The van der Waals surface area contributed by atoms with Crippen molar-refractivity contribution in [2.24, 2.45) is 0 Å². The molecule has 0 radical (unpaired) electrons. The minimum atomic E-state index is -0.0942. The van der Waals surface area contributed by atoms with E-state index in [-0.39, 0.29) is 17.7 Å². The molecule has 2 aromatic carbocycles. The van der Waals surface area contributed by atoms with Crippen LogP contribution in [0.25, 0.3) is 0 Å². The van der Waals surface area contributed by atoms with E-state index in [4.69, 9.17) is 9.47 Å². The smallest absolute Gasteiger partial charge is 0.271 e. The maximum atomic E-state index is 12.4. The topological polar surface area (TPSA) is 69.8 Å². The number of hydrogen-bond donors (Lipinski definition) is 2. The number of morpholine rings is 1. The first-order valence-electron chi connectivity index (χ1n) is 14.7. The molecule has 2 fully saturated rings. The fourth-order valence-corrected chi connectivity index (χ4v) is 8.80. The van der Waals surface area contributed by atoms with Crippen LogP contribution in [0.15, 0.2) is 79.1 Å². The Morgan fingerprint density at radius 2 is 1.93 bits per heavy atom. The molecule has 3 aliphatic heterocycles. The van der Waals surface area contributed by atoms with Crippen molar-refractivity contribution in [1.29, 1.82) is 0 Å². The number of piperidine rings is 1. The van der Waals surface area contributed by atoms with Crippen LogP contribution in [0.5, 0.6) is 0 Å². The zero-order valence-corrected chi connectivity index (χ0v) is 25.7. The van der Waals surface area contributed by atoms with Crippen molar-refractivity contribution in [3.63, 3.8) is 0 Å². The Labute approximate surface area is 251 Å². The number of likely N-dealkylation sites (tertiary alicyclic amines) is 1. The molecule has 4 atom stereocenters. The van der Waals surface area contributed by atoms with E-state index in [1.165, 1.54) is 44.4 Å². The zero-order chi connectivity index (χ0) is 28.3. The monoisotopic (exact) mass is 592 g/mol. The number of hydrogen-bond acceptors (Lipinski definition) is 8. The summed E-state index contributed by atoms with van der Waals surface area (Å²) < 4.78 is 11.9. The summed E-state index contributed by atoms with van der Waals surface area (Å²) in [6.07, 6.45) is 5.45. The molecule has 3 aliphatic rings. The Kier molecular flexibility index (Phi) is 8.98. The Hall–Kier alpha value is -2.43. The van der Waals surface area contributed by atoms with Crippen molar-refractivity contribution < 1.29 is 9.47 Å². The van der Waals surface area contributed by atoms with Gasteiger partial charge in [-0.2, -0.15) is 0 Å². The van der Waals surface area contributed by atoms with Gasteiger partial charge in [0, 0.05) is 70.3 Å². The Morgan fingerprint density at radius 3 is 2.73 bits per heavy atom. The van der Waals surface area contributed by atoms with Crippen LogP contribution in [0.2, 0.25) is 0 Å². The number of pyridine rings is 1. The molecule has 7 nitrogen and oxygen atoms in total. The number of aromatic nitrogens is 1. The lowest BCUT2D eigenvalue weighted by molar-refractivity contribution is 0.0378. The van der Waals surface area contributed by atoms with Crippen LogP contribution in [-0.2, 0) is 9.47 Å². The van der Waals surface area contributed by atoms with E-state index in [9.17, 15) is 4.79 Å². The van der Waals surface area contributed by atoms with Crippen molar-refractivity contribution in [1.82, 2.24) is 9.88 Å². The summed E-state index contributed by atoms with van der Waals surface area (Å²) in [6, 6.07) is 18.4. The van der Waals surface area contributed by atoms with Gasteiger partial charge in [0.05, 0.1) is 19.3 Å². The summed E-state index contributed by atoms with van der Waals surface area (Å²) in [7, 11) is 1.79. The second kappa shape index (κ2) is 12.8. The highest BCUT2D eigenvalue weighted by Gasteiger charge is 2.30. The number of methoxy groups -OCH3 is 1. The van der Waals surface area contributed by atoms with Crippen LogP contribution in [-0.4, -0.2) is 68.0 Å². The van der Waals surface area contributed by atoms with Crippen LogP contribution in [0.1, 0.15) is 44.8 Å². The standard InChI is InChI=1S/C32H40N4O3S2/c1-21-7-4-8-22(2)36(21)18-24(20-38-3)34-23-12-13-28-30(17-23)40-29-11-5-9-25(31(29)41-28)27-19-35(15-16-39-27)26-10-6-14-33-32(26)37/h5-6,9-14,17,21-22,24,27,34H,4,7-8,15-16,18-20H2,1-3H3,(H,33,37)/t21-,22+,24-,27?/m0/s1. The largest absolute Gasteiger partial charge is 0.383 e. The van der Waals surface area contributed by atoms with Gasteiger partial charge in [-0.05, 0) is 68.7 Å². The lowest BCUT2D eigenvalue weighted by atomic mass is 9.97.